The Bertz CT molecular complexity index is 232. The van der Waals surface area contributed by atoms with Crippen LogP contribution in [-0.4, -0.2) is 43.1 Å². The number of carbonyl (C=O) groups is 1. The SMILES string of the molecule is C=CC(=O)NC(C)(C)CC[N+](C)(C)CC. The highest BCUT2D eigenvalue weighted by atomic mass is 16.1. The van der Waals surface area contributed by atoms with Gasteiger partial charge in [0.2, 0.25) is 5.91 Å². The molecular weight excluding hydrogens is 188 g/mol. The van der Waals surface area contributed by atoms with Crippen molar-refractivity contribution in [1.82, 2.24) is 5.32 Å². The molecule has 0 atom stereocenters. The van der Waals surface area contributed by atoms with Gasteiger partial charge in [0.1, 0.15) is 0 Å². The van der Waals surface area contributed by atoms with E-state index in [1.54, 1.807) is 0 Å². The van der Waals surface area contributed by atoms with Crippen LogP contribution in [0, 0.1) is 0 Å². The van der Waals surface area contributed by atoms with E-state index >= 15 is 0 Å². The van der Waals surface area contributed by atoms with Gasteiger partial charge in [-0.3, -0.25) is 4.79 Å². The number of quaternary nitrogens is 1. The molecule has 0 bridgehead atoms. The summed E-state index contributed by atoms with van der Waals surface area (Å²) in [6.45, 7) is 11.9. The van der Waals surface area contributed by atoms with Crippen LogP contribution in [0.3, 0.4) is 0 Å². The Labute approximate surface area is 93.7 Å². The van der Waals surface area contributed by atoms with Crippen molar-refractivity contribution >= 4 is 5.91 Å². The molecule has 0 fully saturated rings. The first-order valence-corrected chi connectivity index (χ1v) is 5.49. The molecule has 0 aliphatic carbocycles. The molecule has 0 aliphatic heterocycles. The Balaban J connectivity index is 4.15. The van der Waals surface area contributed by atoms with E-state index in [2.05, 4.69) is 32.9 Å². The van der Waals surface area contributed by atoms with Crippen LogP contribution in [0.4, 0.5) is 0 Å². The third-order valence-corrected chi connectivity index (χ3v) is 2.85. The number of amides is 1. The van der Waals surface area contributed by atoms with Gasteiger partial charge in [0.05, 0.1) is 27.2 Å². The molecule has 0 saturated heterocycles. The van der Waals surface area contributed by atoms with Crippen LogP contribution < -0.4 is 5.32 Å². The maximum absolute atomic E-state index is 11.2. The molecule has 0 aliphatic rings. The third kappa shape index (κ3) is 6.28. The molecule has 0 saturated carbocycles. The summed E-state index contributed by atoms with van der Waals surface area (Å²) in [5.41, 5.74) is -0.157. The zero-order chi connectivity index (χ0) is 12.1. The average Bonchev–Trinajstić information content (AvgIpc) is 2.14. The van der Waals surface area contributed by atoms with Gasteiger partial charge in [0.25, 0.3) is 0 Å². The standard InChI is InChI=1S/C12H24N2O/c1-7-11(15)13-12(3,4)9-10-14(5,6)8-2/h7H,1,8-10H2,2-6H3/p+1. The van der Waals surface area contributed by atoms with Gasteiger partial charge in [0.15, 0.2) is 0 Å². The minimum absolute atomic E-state index is 0.0956. The van der Waals surface area contributed by atoms with Crippen molar-refractivity contribution in [2.45, 2.75) is 32.7 Å². The molecule has 0 spiro atoms. The fourth-order valence-corrected chi connectivity index (χ4v) is 1.19. The van der Waals surface area contributed by atoms with Gasteiger partial charge in [-0.25, -0.2) is 0 Å². The molecule has 0 aromatic heterocycles. The van der Waals surface area contributed by atoms with Crippen molar-refractivity contribution in [3.63, 3.8) is 0 Å². The van der Waals surface area contributed by atoms with Gasteiger partial charge in [-0.05, 0) is 26.8 Å². The highest BCUT2D eigenvalue weighted by Gasteiger charge is 2.23. The number of rotatable bonds is 6. The van der Waals surface area contributed by atoms with Crippen LogP contribution in [0.1, 0.15) is 27.2 Å². The molecule has 15 heavy (non-hydrogen) atoms. The third-order valence-electron chi connectivity index (χ3n) is 2.85. The summed E-state index contributed by atoms with van der Waals surface area (Å²) in [6.07, 6.45) is 2.29. The first kappa shape index (κ1) is 14.2. The van der Waals surface area contributed by atoms with E-state index in [9.17, 15) is 4.79 Å². The van der Waals surface area contributed by atoms with E-state index in [0.717, 1.165) is 24.0 Å². The number of hydrogen-bond acceptors (Lipinski definition) is 1. The molecule has 0 unspecified atom stereocenters. The largest absolute Gasteiger partial charge is 0.347 e. The maximum atomic E-state index is 11.2. The molecule has 1 amide bonds. The summed E-state index contributed by atoms with van der Waals surface area (Å²) in [6, 6.07) is 0. The average molecular weight is 213 g/mol. The Kier molecular flexibility index (Phi) is 5.01. The number of hydrogen-bond donors (Lipinski definition) is 1. The van der Waals surface area contributed by atoms with Crippen molar-refractivity contribution in [3.8, 4) is 0 Å². The van der Waals surface area contributed by atoms with Crippen LogP contribution in [-0.2, 0) is 4.79 Å². The normalized spacial score (nSPS) is 12.3. The molecular formula is C12H25N2O+. The predicted octanol–water partition coefficient (Wildman–Crippen LogP) is 1.55. The molecule has 0 rings (SSSR count). The zero-order valence-corrected chi connectivity index (χ0v) is 10.8. The fraction of sp³-hybridized carbons (Fsp3) is 0.750. The molecule has 88 valence electrons. The fourth-order valence-electron chi connectivity index (χ4n) is 1.19. The Morgan fingerprint density at radius 1 is 1.47 bits per heavy atom. The van der Waals surface area contributed by atoms with E-state index in [1.807, 2.05) is 13.8 Å². The lowest BCUT2D eigenvalue weighted by Gasteiger charge is -2.33. The number of nitrogens with zero attached hydrogens (tertiary/aromatic N) is 1. The van der Waals surface area contributed by atoms with E-state index < -0.39 is 0 Å². The summed E-state index contributed by atoms with van der Waals surface area (Å²) in [7, 11) is 4.40. The van der Waals surface area contributed by atoms with Crippen LogP contribution in [0.25, 0.3) is 0 Å². The van der Waals surface area contributed by atoms with Crippen molar-refractivity contribution in [1.29, 1.82) is 0 Å². The lowest BCUT2D eigenvalue weighted by atomic mass is 10.00. The van der Waals surface area contributed by atoms with Crippen LogP contribution in [0.5, 0.6) is 0 Å². The minimum Gasteiger partial charge on any atom is -0.347 e. The molecule has 0 aromatic rings. The Morgan fingerprint density at radius 2 is 2.00 bits per heavy atom. The summed E-state index contributed by atoms with van der Waals surface area (Å²) >= 11 is 0. The van der Waals surface area contributed by atoms with Crippen LogP contribution in [0.2, 0.25) is 0 Å². The maximum Gasteiger partial charge on any atom is 0.243 e. The molecule has 1 N–H and O–H groups in total. The van der Waals surface area contributed by atoms with Gasteiger partial charge < -0.3 is 9.80 Å². The second-order valence-corrected chi connectivity index (χ2v) is 5.30. The lowest BCUT2D eigenvalue weighted by Crippen LogP contribution is -2.48. The number of carbonyl (C=O) groups excluding carboxylic acids is 1. The Morgan fingerprint density at radius 3 is 2.40 bits per heavy atom. The van der Waals surface area contributed by atoms with Gasteiger partial charge in [0, 0.05) is 12.0 Å². The van der Waals surface area contributed by atoms with Crippen molar-refractivity contribution < 1.29 is 9.28 Å². The first-order chi connectivity index (χ1) is 6.72. The van der Waals surface area contributed by atoms with Gasteiger partial charge in [-0.2, -0.15) is 0 Å². The second-order valence-electron chi connectivity index (χ2n) is 5.30. The molecule has 0 radical (unpaired) electrons. The first-order valence-electron chi connectivity index (χ1n) is 5.49. The highest BCUT2D eigenvalue weighted by Crippen LogP contribution is 2.11. The van der Waals surface area contributed by atoms with Crippen molar-refractivity contribution in [2.24, 2.45) is 0 Å². The van der Waals surface area contributed by atoms with Crippen LogP contribution >= 0.6 is 0 Å². The van der Waals surface area contributed by atoms with E-state index in [0.29, 0.717) is 0 Å². The topological polar surface area (TPSA) is 29.1 Å². The quantitative estimate of drug-likeness (QED) is 0.526. The molecule has 0 aromatic carbocycles. The van der Waals surface area contributed by atoms with E-state index in [1.165, 1.54) is 6.08 Å². The van der Waals surface area contributed by atoms with Gasteiger partial charge >= 0.3 is 0 Å². The number of nitrogens with one attached hydrogen (secondary N) is 1. The van der Waals surface area contributed by atoms with E-state index in [4.69, 9.17) is 0 Å². The summed E-state index contributed by atoms with van der Waals surface area (Å²) in [5.74, 6) is -0.0956. The Hall–Kier alpha value is -0.830. The summed E-state index contributed by atoms with van der Waals surface area (Å²) in [5, 5.41) is 2.94. The monoisotopic (exact) mass is 213 g/mol. The highest BCUT2D eigenvalue weighted by molar-refractivity contribution is 5.87. The zero-order valence-electron chi connectivity index (χ0n) is 10.8. The molecule has 0 heterocycles. The predicted molar refractivity (Wildman–Crippen MR) is 64.6 cm³/mol. The second kappa shape index (κ2) is 5.31. The molecule has 3 nitrogen and oxygen atoms in total. The van der Waals surface area contributed by atoms with Gasteiger partial charge in [-0.1, -0.05) is 6.58 Å². The summed E-state index contributed by atoms with van der Waals surface area (Å²) in [4.78, 5) is 11.2. The molecule has 3 heteroatoms. The van der Waals surface area contributed by atoms with E-state index in [-0.39, 0.29) is 11.4 Å². The lowest BCUT2D eigenvalue weighted by molar-refractivity contribution is -0.889. The summed E-state index contributed by atoms with van der Waals surface area (Å²) < 4.78 is 0.980. The smallest absolute Gasteiger partial charge is 0.243 e. The van der Waals surface area contributed by atoms with Crippen LogP contribution in [0.15, 0.2) is 12.7 Å². The van der Waals surface area contributed by atoms with Crippen molar-refractivity contribution in [2.75, 3.05) is 27.2 Å². The van der Waals surface area contributed by atoms with Gasteiger partial charge in [-0.15, -0.1) is 0 Å². The van der Waals surface area contributed by atoms with Crippen molar-refractivity contribution in [3.05, 3.63) is 12.7 Å². The minimum atomic E-state index is -0.157.